The fourth-order valence-corrected chi connectivity index (χ4v) is 3.39. The number of carbonyl (C=O) groups excluding carboxylic acids is 2. The molecule has 0 spiro atoms. The Bertz CT molecular complexity index is 804. The van der Waals surface area contributed by atoms with Gasteiger partial charge in [0.25, 0.3) is 5.91 Å². The van der Waals surface area contributed by atoms with Gasteiger partial charge in [-0.15, -0.1) is 0 Å². The zero-order chi connectivity index (χ0) is 18.7. The van der Waals surface area contributed by atoms with Crippen LogP contribution in [-0.4, -0.2) is 59.9 Å². The predicted octanol–water partition coefficient (Wildman–Crippen LogP) is 2.17. The first kappa shape index (κ1) is 18.0. The fraction of sp³-hybridized carbons (Fsp3) is 0.400. The molecule has 26 heavy (non-hydrogen) atoms. The molecule has 2 aromatic rings. The van der Waals surface area contributed by atoms with Gasteiger partial charge in [-0.1, -0.05) is 12.1 Å². The number of rotatable bonds is 4. The number of hydrogen-bond acceptors (Lipinski definition) is 3. The molecule has 1 aliphatic heterocycles. The van der Waals surface area contributed by atoms with Gasteiger partial charge in [-0.05, 0) is 37.6 Å². The number of amides is 2. The zero-order valence-corrected chi connectivity index (χ0v) is 15.5. The minimum absolute atomic E-state index is 0.0494. The number of benzene rings is 1. The molecule has 1 saturated heterocycles. The standard InChI is InChI=1S/C20H25N3O3/c1-14-12-16(15(2)21-14)13-19(24)22-8-10-23(11-9-22)20(25)17-6-4-5-7-18(17)26-3/h4-7,12,21H,8-11,13H2,1-3H3. The van der Waals surface area contributed by atoms with Gasteiger partial charge in [0, 0.05) is 37.6 Å². The largest absolute Gasteiger partial charge is 0.496 e. The number of aromatic amines is 1. The lowest BCUT2D eigenvalue weighted by atomic mass is 10.1. The molecule has 0 saturated carbocycles. The Labute approximate surface area is 153 Å². The average molecular weight is 355 g/mol. The Kier molecular flexibility index (Phi) is 5.30. The summed E-state index contributed by atoms with van der Waals surface area (Å²) < 4.78 is 5.28. The van der Waals surface area contributed by atoms with Crippen molar-refractivity contribution in [1.82, 2.24) is 14.8 Å². The van der Waals surface area contributed by atoms with Gasteiger partial charge in [-0.2, -0.15) is 0 Å². The second-order valence-electron chi connectivity index (χ2n) is 6.65. The molecule has 1 aromatic heterocycles. The van der Waals surface area contributed by atoms with Crippen molar-refractivity contribution in [2.75, 3.05) is 33.3 Å². The van der Waals surface area contributed by atoms with Crippen LogP contribution in [0.5, 0.6) is 5.75 Å². The molecular weight excluding hydrogens is 330 g/mol. The number of hydrogen-bond donors (Lipinski definition) is 1. The highest BCUT2D eigenvalue weighted by Crippen LogP contribution is 2.20. The van der Waals surface area contributed by atoms with E-state index in [1.165, 1.54) is 0 Å². The van der Waals surface area contributed by atoms with Crippen molar-refractivity contribution in [3.05, 3.63) is 52.8 Å². The third kappa shape index (κ3) is 3.74. The summed E-state index contributed by atoms with van der Waals surface area (Å²) in [5, 5.41) is 0. The van der Waals surface area contributed by atoms with E-state index in [4.69, 9.17) is 4.74 Å². The topological polar surface area (TPSA) is 65.6 Å². The summed E-state index contributed by atoms with van der Waals surface area (Å²) in [6.07, 6.45) is 0.399. The van der Waals surface area contributed by atoms with Gasteiger partial charge in [-0.25, -0.2) is 0 Å². The first-order valence-electron chi connectivity index (χ1n) is 8.84. The Hall–Kier alpha value is -2.76. The van der Waals surface area contributed by atoms with Crippen molar-refractivity contribution in [3.8, 4) is 5.75 Å². The molecule has 2 amide bonds. The number of methoxy groups -OCH3 is 1. The van der Waals surface area contributed by atoms with Crippen LogP contribution in [0.15, 0.2) is 30.3 Å². The number of ether oxygens (including phenoxy) is 1. The number of nitrogens with zero attached hydrogens (tertiary/aromatic N) is 2. The van der Waals surface area contributed by atoms with E-state index < -0.39 is 0 Å². The third-order valence-corrected chi connectivity index (χ3v) is 4.86. The van der Waals surface area contributed by atoms with E-state index >= 15 is 0 Å². The molecule has 0 unspecified atom stereocenters. The molecule has 2 heterocycles. The maximum atomic E-state index is 12.7. The normalized spacial score (nSPS) is 14.4. The number of piperazine rings is 1. The number of aromatic nitrogens is 1. The highest BCUT2D eigenvalue weighted by atomic mass is 16.5. The minimum atomic E-state index is -0.0494. The molecule has 3 rings (SSSR count). The van der Waals surface area contributed by atoms with E-state index in [1.54, 1.807) is 24.1 Å². The minimum Gasteiger partial charge on any atom is -0.496 e. The fourth-order valence-electron chi connectivity index (χ4n) is 3.39. The van der Waals surface area contributed by atoms with Crippen LogP contribution in [0.3, 0.4) is 0 Å². The molecule has 0 aliphatic carbocycles. The summed E-state index contributed by atoms with van der Waals surface area (Å²) in [6, 6.07) is 9.26. The smallest absolute Gasteiger partial charge is 0.257 e. The molecule has 1 aliphatic rings. The SMILES string of the molecule is COc1ccccc1C(=O)N1CCN(C(=O)Cc2cc(C)[nH]c2C)CC1. The number of carbonyl (C=O) groups is 2. The van der Waals surface area contributed by atoms with Crippen molar-refractivity contribution >= 4 is 11.8 Å². The van der Waals surface area contributed by atoms with Crippen LogP contribution < -0.4 is 4.74 Å². The van der Waals surface area contributed by atoms with Crippen LogP contribution in [0, 0.1) is 13.8 Å². The molecule has 6 heteroatoms. The molecule has 1 N–H and O–H groups in total. The summed E-state index contributed by atoms with van der Waals surface area (Å²) in [4.78, 5) is 32.2. The molecule has 138 valence electrons. The molecule has 0 radical (unpaired) electrons. The van der Waals surface area contributed by atoms with Crippen molar-refractivity contribution in [2.24, 2.45) is 0 Å². The van der Waals surface area contributed by atoms with Crippen LogP contribution in [0.25, 0.3) is 0 Å². The highest BCUT2D eigenvalue weighted by molar-refractivity contribution is 5.97. The first-order chi connectivity index (χ1) is 12.5. The first-order valence-corrected chi connectivity index (χ1v) is 8.84. The van der Waals surface area contributed by atoms with E-state index in [2.05, 4.69) is 4.98 Å². The van der Waals surface area contributed by atoms with Crippen molar-refractivity contribution in [1.29, 1.82) is 0 Å². The van der Waals surface area contributed by atoms with Crippen molar-refractivity contribution in [2.45, 2.75) is 20.3 Å². The lowest BCUT2D eigenvalue weighted by Crippen LogP contribution is -2.51. The van der Waals surface area contributed by atoms with Crippen LogP contribution in [0.2, 0.25) is 0 Å². The molecule has 0 atom stereocenters. The summed E-state index contributed by atoms with van der Waals surface area (Å²) in [5.41, 5.74) is 3.71. The number of para-hydroxylation sites is 1. The quantitative estimate of drug-likeness (QED) is 0.914. The van der Waals surface area contributed by atoms with Gasteiger partial charge in [0.05, 0.1) is 19.1 Å². The van der Waals surface area contributed by atoms with E-state index in [1.807, 2.05) is 36.9 Å². The van der Waals surface area contributed by atoms with Gasteiger partial charge in [-0.3, -0.25) is 9.59 Å². The molecule has 1 fully saturated rings. The van der Waals surface area contributed by atoms with Gasteiger partial charge in [0.15, 0.2) is 0 Å². The van der Waals surface area contributed by atoms with Gasteiger partial charge in [0.2, 0.25) is 5.91 Å². The second kappa shape index (κ2) is 7.64. The maximum absolute atomic E-state index is 12.7. The van der Waals surface area contributed by atoms with E-state index in [0.29, 0.717) is 43.9 Å². The second-order valence-corrected chi connectivity index (χ2v) is 6.65. The van der Waals surface area contributed by atoms with Crippen LogP contribution in [-0.2, 0) is 11.2 Å². The Morgan fingerprint density at radius 1 is 1.08 bits per heavy atom. The Morgan fingerprint density at radius 3 is 2.35 bits per heavy atom. The Balaban J connectivity index is 1.59. The number of H-pyrrole nitrogens is 1. The zero-order valence-electron chi connectivity index (χ0n) is 15.5. The van der Waals surface area contributed by atoms with E-state index in [0.717, 1.165) is 17.0 Å². The van der Waals surface area contributed by atoms with E-state index in [9.17, 15) is 9.59 Å². The third-order valence-electron chi connectivity index (χ3n) is 4.86. The molecule has 6 nitrogen and oxygen atoms in total. The van der Waals surface area contributed by atoms with Gasteiger partial charge < -0.3 is 19.5 Å². The lowest BCUT2D eigenvalue weighted by Gasteiger charge is -2.35. The van der Waals surface area contributed by atoms with Gasteiger partial charge in [0.1, 0.15) is 5.75 Å². The van der Waals surface area contributed by atoms with Crippen molar-refractivity contribution < 1.29 is 14.3 Å². The number of aryl methyl sites for hydroxylation is 2. The highest BCUT2D eigenvalue weighted by Gasteiger charge is 2.26. The summed E-state index contributed by atoms with van der Waals surface area (Å²) in [6.45, 7) is 6.16. The van der Waals surface area contributed by atoms with Crippen LogP contribution in [0.1, 0.15) is 27.3 Å². The number of nitrogens with one attached hydrogen (secondary N) is 1. The lowest BCUT2D eigenvalue weighted by molar-refractivity contribution is -0.131. The van der Waals surface area contributed by atoms with E-state index in [-0.39, 0.29) is 11.8 Å². The van der Waals surface area contributed by atoms with Gasteiger partial charge >= 0.3 is 0 Å². The average Bonchev–Trinajstić information content (AvgIpc) is 2.98. The summed E-state index contributed by atoms with van der Waals surface area (Å²) in [5.74, 6) is 0.637. The van der Waals surface area contributed by atoms with Crippen LogP contribution >= 0.6 is 0 Å². The summed E-state index contributed by atoms with van der Waals surface area (Å²) in [7, 11) is 1.56. The monoisotopic (exact) mass is 355 g/mol. The molecular formula is C20H25N3O3. The predicted molar refractivity (Wildman–Crippen MR) is 99.4 cm³/mol. The summed E-state index contributed by atoms with van der Waals surface area (Å²) >= 11 is 0. The molecule has 1 aromatic carbocycles. The van der Waals surface area contributed by atoms with Crippen molar-refractivity contribution in [3.63, 3.8) is 0 Å². The molecule has 0 bridgehead atoms. The maximum Gasteiger partial charge on any atom is 0.257 e. The van der Waals surface area contributed by atoms with Crippen LogP contribution in [0.4, 0.5) is 0 Å². The Morgan fingerprint density at radius 2 is 1.73 bits per heavy atom.